The normalized spacial score (nSPS) is 14.6. The van der Waals surface area contributed by atoms with E-state index in [0.29, 0.717) is 6.61 Å². The highest BCUT2D eigenvalue weighted by molar-refractivity contribution is 5.94. The monoisotopic (exact) mass is 432 g/mol. The SMILES string of the molecule is Cc1cccc(C)c1OCc1ccc(C(=O)N2CCN(Cc3cn(C)nc3C)CC2)cc1. The highest BCUT2D eigenvalue weighted by Gasteiger charge is 2.23. The number of hydrogen-bond acceptors (Lipinski definition) is 4. The van der Waals surface area contributed by atoms with E-state index in [2.05, 4.69) is 42.2 Å². The molecule has 1 fully saturated rings. The van der Waals surface area contributed by atoms with Crippen molar-refractivity contribution in [3.63, 3.8) is 0 Å². The second kappa shape index (κ2) is 9.57. The third-order valence-corrected chi connectivity index (χ3v) is 6.16. The van der Waals surface area contributed by atoms with Crippen LogP contribution in [0.1, 0.15) is 38.3 Å². The van der Waals surface area contributed by atoms with E-state index in [1.54, 1.807) is 0 Å². The lowest BCUT2D eigenvalue weighted by atomic mass is 10.1. The number of carbonyl (C=O) groups is 1. The Morgan fingerprint density at radius 2 is 1.62 bits per heavy atom. The van der Waals surface area contributed by atoms with Crippen LogP contribution in [-0.4, -0.2) is 51.7 Å². The molecule has 0 saturated carbocycles. The van der Waals surface area contributed by atoms with Crippen molar-refractivity contribution in [2.75, 3.05) is 26.2 Å². The van der Waals surface area contributed by atoms with Crippen LogP contribution in [0.25, 0.3) is 0 Å². The molecule has 1 aliphatic rings. The summed E-state index contributed by atoms with van der Waals surface area (Å²) in [5, 5.41) is 4.42. The van der Waals surface area contributed by atoms with Crippen LogP contribution in [0, 0.1) is 20.8 Å². The third kappa shape index (κ3) is 5.02. The molecule has 0 spiro atoms. The molecule has 0 aliphatic carbocycles. The number of carbonyl (C=O) groups excluding carboxylic acids is 1. The molecule has 1 aromatic heterocycles. The van der Waals surface area contributed by atoms with Crippen molar-refractivity contribution in [2.45, 2.75) is 33.9 Å². The molecule has 0 unspecified atom stereocenters. The number of hydrogen-bond donors (Lipinski definition) is 0. The smallest absolute Gasteiger partial charge is 0.253 e. The van der Waals surface area contributed by atoms with E-state index in [9.17, 15) is 4.79 Å². The lowest BCUT2D eigenvalue weighted by molar-refractivity contribution is 0.0628. The molecule has 32 heavy (non-hydrogen) atoms. The first-order valence-corrected chi connectivity index (χ1v) is 11.2. The Bertz CT molecular complexity index is 1060. The number of aryl methyl sites for hydroxylation is 4. The average Bonchev–Trinajstić information content (AvgIpc) is 3.10. The first kappa shape index (κ1) is 22.1. The van der Waals surface area contributed by atoms with Gasteiger partial charge in [0.1, 0.15) is 12.4 Å². The number of rotatable bonds is 6. The van der Waals surface area contributed by atoms with Crippen LogP contribution < -0.4 is 4.74 Å². The highest BCUT2D eigenvalue weighted by atomic mass is 16.5. The van der Waals surface area contributed by atoms with Gasteiger partial charge >= 0.3 is 0 Å². The maximum atomic E-state index is 13.0. The molecule has 2 aromatic carbocycles. The van der Waals surface area contributed by atoms with Crippen molar-refractivity contribution < 1.29 is 9.53 Å². The molecular weight excluding hydrogens is 400 g/mol. The summed E-state index contributed by atoms with van der Waals surface area (Å²) in [4.78, 5) is 17.3. The van der Waals surface area contributed by atoms with Crippen LogP contribution in [0.5, 0.6) is 5.75 Å². The lowest BCUT2D eigenvalue weighted by Crippen LogP contribution is -2.48. The quantitative estimate of drug-likeness (QED) is 0.593. The zero-order chi connectivity index (χ0) is 22.7. The molecular formula is C26H32N4O2. The summed E-state index contributed by atoms with van der Waals surface area (Å²) < 4.78 is 7.90. The number of aromatic nitrogens is 2. The minimum Gasteiger partial charge on any atom is -0.488 e. The summed E-state index contributed by atoms with van der Waals surface area (Å²) in [6.07, 6.45) is 2.08. The molecule has 0 bridgehead atoms. The average molecular weight is 433 g/mol. The van der Waals surface area contributed by atoms with Gasteiger partial charge < -0.3 is 9.64 Å². The number of para-hydroxylation sites is 1. The number of amides is 1. The van der Waals surface area contributed by atoms with Crippen LogP contribution in [-0.2, 0) is 20.2 Å². The zero-order valence-corrected chi connectivity index (χ0v) is 19.5. The van der Waals surface area contributed by atoms with Gasteiger partial charge in [-0.3, -0.25) is 14.4 Å². The summed E-state index contributed by atoms with van der Waals surface area (Å²) in [6.45, 7) is 10.8. The Morgan fingerprint density at radius 3 is 2.22 bits per heavy atom. The lowest BCUT2D eigenvalue weighted by Gasteiger charge is -2.34. The van der Waals surface area contributed by atoms with E-state index in [1.165, 1.54) is 5.56 Å². The van der Waals surface area contributed by atoms with E-state index in [0.717, 1.165) is 66.4 Å². The van der Waals surface area contributed by atoms with E-state index in [4.69, 9.17) is 4.74 Å². The van der Waals surface area contributed by atoms with Gasteiger partial charge in [0.2, 0.25) is 0 Å². The summed E-state index contributed by atoms with van der Waals surface area (Å²) in [6, 6.07) is 14.0. The van der Waals surface area contributed by atoms with Crippen molar-refractivity contribution in [3.05, 3.63) is 82.2 Å². The number of ether oxygens (including phenoxy) is 1. The Hall–Kier alpha value is -3.12. The molecule has 0 N–H and O–H groups in total. The number of nitrogens with zero attached hydrogens (tertiary/aromatic N) is 4. The van der Waals surface area contributed by atoms with Crippen molar-refractivity contribution in [1.29, 1.82) is 0 Å². The molecule has 1 amide bonds. The Labute approximate surface area is 190 Å². The van der Waals surface area contributed by atoms with Crippen LogP contribution in [0.4, 0.5) is 0 Å². The Kier molecular flexibility index (Phi) is 6.61. The van der Waals surface area contributed by atoms with Gasteiger partial charge in [0, 0.05) is 57.1 Å². The highest BCUT2D eigenvalue weighted by Crippen LogP contribution is 2.23. The fourth-order valence-corrected chi connectivity index (χ4v) is 4.26. The summed E-state index contributed by atoms with van der Waals surface area (Å²) in [5.74, 6) is 1.04. The topological polar surface area (TPSA) is 50.6 Å². The molecule has 2 heterocycles. The summed E-state index contributed by atoms with van der Waals surface area (Å²) in [7, 11) is 1.95. The van der Waals surface area contributed by atoms with Gasteiger partial charge in [-0.1, -0.05) is 30.3 Å². The molecule has 168 valence electrons. The first-order chi connectivity index (χ1) is 15.4. The Balaban J connectivity index is 1.30. The van der Waals surface area contributed by atoms with Gasteiger partial charge in [-0.15, -0.1) is 0 Å². The first-order valence-electron chi connectivity index (χ1n) is 11.2. The van der Waals surface area contributed by atoms with Crippen molar-refractivity contribution >= 4 is 5.91 Å². The summed E-state index contributed by atoms with van der Waals surface area (Å²) in [5.41, 5.74) is 6.39. The maximum absolute atomic E-state index is 13.0. The number of piperazine rings is 1. The number of benzene rings is 2. The standard InChI is InChI=1S/C26H32N4O2/c1-19-6-5-7-20(2)25(19)32-18-22-8-10-23(11-9-22)26(31)30-14-12-29(13-15-30)17-24-16-28(4)27-21(24)3/h5-11,16H,12-15,17-18H2,1-4H3. The van der Waals surface area contributed by atoms with Gasteiger partial charge in [-0.25, -0.2) is 0 Å². The largest absolute Gasteiger partial charge is 0.488 e. The van der Waals surface area contributed by atoms with Crippen molar-refractivity contribution in [3.8, 4) is 5.75 Å². The zero-order valence-electron chi connectivity index (χ0n) is 19.5. The van der Waals surface area contributed by atoms with Crippen molar-refractivity contribution in [1.82, 2.24) is 19.6 Å². The minimum atomic E-state index is 0.101. The van der Waals surface area contributed by atoms with Gasteiger partial charge in [0.25, 0.3) is 5.91 Å². The molecule has 6 heteroatoms. The predicted molar refractivity (Wildman–Crippen MR) is 126 cm³/mol. The molecule has 0 radical (unpaired) electrons. The molecule has 3 aromatic rings. The van der Waals surface area contributed by atoms with E-state index < -0.39 is 0 Å². The van der Waals surface area contributed by atoms with Gasteiger partial charge in [0.15, 0.2) is 0 Å². The van der Waals surface area contributed by atoms with E-state index >= 15 is 0 Å². The fourth-order valence-electron chi connectivity index (χ4n) is 4.26. The van der Waals surface area contributed by atoms with Crippen molar-refractivity contribution in [2.24, 2.45) is 7.05 Å². The summed E-state index contributed by atoms with van der Waals surface area (Å²) >= 11 is 0. The molecule has 6 nitrogen and oxygen atoms in total. The molecule has 4 rings (SSSR count). The van der Waals surface area contributed by atoms with E-state index in [1.807, 2.05) is 53.9 Å². The van der Waals surface area contributed by atoms with Gasteiger partial charge in [-0.2, -0.15) is 5.10 Å². The Morgan fingerprint density at radius 1 is 0.969 bits per heavy atom. The molecule has 0 atom stereocenters. The van der Waals surface area contributed by atoms with E-state index in [-0.39, 0.29) is 5.91 Å². The van der Waals surface area contributed by atoms with Crippen LogP contribution in [0.3, 0.4) is 0 Å². The van der Waals surface area contributed by atoms with Gasteiger partial charge in [0.05, 0.1) is 5.69 Å². The second-order valence-electron chi connectivity index (χ2n) is 8.69. The molecule has 1 saturated heterocycles. The maximum Gasteiger partial charge on any atom is 0.253 e. The third-order valence-electron chi connectivity index (χ3n) is 6.16. The van der Waals surface area contributed by atoms with Crippen LogP contribution in [0.15, 0.2) is 48.7 Å². The van der Waals surface area contributed by atoms with Crippen LogP contribution >= 0.6 is 0 Å². The second-order valence-corrected chi connectivity index (χ2v) is 8.69. The molecule has 1 aliphatic heterocycles. The fraction of sp³-hybridized carbons (Fsp3) is 0.385. The predicted octanol–water partition coefficient (Wildman–Crippen LogP) is 3.88. The van der Waals surface area contributed by atoms with Crippen LogP contribution in [0.2, 0.25) is 0 Å². The minimum absolute atomic E-state index is 0.101. The van der Waals surface area contributed by atoms with Gasteiger partial charge in [-0.05, 0) is 49.6 Å².